The second kappa shape index (κ2) is 39.9. The van der Waals surface area contributed by atoms with E-state index in [-0.39, 0.29) is 57.1 Å². The third kappa shape index (κ3) is 43.3. The zero-order valence-corrected chi connectivity index (χ0v) is 10.9. The van der Waals surface area contributed by atoms with Gasteiger partial charge in [0, 0.05) is 7.43 Å². The molecule has 0 N–H and O–H groups in total. The van der Waals surface area contributed by atoms with Gasteiger partial charge >= 0.3 is 0 Å². The molecule has 0 rings (SSSR count). The van der Waals surface area contributed by atoms with Gasteiger partial charge in [-0.3, -0.25) is 0 Å². The first kappa shape index (κ1) is 38.0. The van der Waals surface area contributed by atoms with Crippen LogP contribution in [0.1, 0.15) is 46.0 Å². The van der Waals surface area contributed by atoms with Crippen LogP contribution in [0.2, 0.25) is 0 Å². The minimum Gasteiger partial charge on any atom is -0.147 e. The highest BCUT2D eigenvalue weighted by Gasteiger charge is 1.80. The molecule has 0 aromatic heterocycles. The van der Waals surface area contributed by atoms with Crippen molar-refractivity contribution in [3.05, 3.63) is 7.43 Å². The summed E-state index contributed by atoms with van der Waals surface area (Å²) in [6.07, 6.45) is 7.01. The number of halogens is 4. The highest BCUT2D eigenvalue weighted by atomic mass is 35.5. The Hall–Kier alpha value is 1.16. The average Bonchev–Trinajstić information content (AvgIpc) is 1.69. The summed E-state index contributed by atoms with van der Waals surface area (Å²) in [6, 6.07) is 0. The standard InChI is InChI=1S/C7H16.C.4ClH/c1-3-5-7-6-4-2;;;;;/h3-7H2,1-2H3;;4*1H. The third-order valence-corrected chi connectivity index (χ3v) is 1.21. The maximum Gasteiger partial charge on any atom is 0 e. The first-order valence-electron chi connectivity index (χ1n) is 3.41. The Morgan fingerprint density at radius 3 is 1.00 bits per heavy atom. The van der Waals surface area contributed by atoms with Crippen molar-refractivity contribution in [1.29, 1.82) is 0 Å². The Morgan fingerprint density at radius 2 is 0.833 bits per heavy atom. The van der Waals surface area contributed by atoms with E-state index in [0.717, 1.165) is 0 Å². The first-order chi connectivity index (χ1) is 3.41. The summed E-state index contributed by atoms with van der Waals surface area (Å²) < 4.78 is 0. The Kier molecular flexibility index (Phi) is 126. The van der Waals surface area contributed by atoms with Crippen LogP contribution in [0.4, 0.5) is 0 Å². The van der Waals surface area contributed by atoms with E-state index < -0.39 is 0 Å². The quantitative estimate of drug-likeness (QED) is 0.638. The summed E-state index contributed by atoms with van der Waals surface area (Å²) in [5, 5.41) is 0. The van der Waals surface area contributed by atoms with Crippen molar-refractivity contribution in [2.75, 3.05) is 0 Å². The highest BCUT2D eigenvalue weighted by Crippen LogP contribution is 2.00. The molecule has 0 bridgehead atoms. The van der Waals surface area contributed by atoms with Crippen molar-refractivity contribution in [3.8, 4) is 0 Å². The van der Waals surface area contributed by atoms with E-state index in [4.69, 9.17) is 0 Å². The van der Waals surface area contributed by atoms with Gasteiger partial charge in [0.1, 0.15) is 0 Å². The fourth-order valence-electron chi connectivity index (χ4n) is 0.677. The lowest BCUT2D eigenvalue weighted by molar-refractivity contribution is 0.656. The molecule has 80 valence electrons. The molecule has 0 aliphatic heterocycles. The molecule has 0 aliphatic carbocycles. The van der Waals surface area contributed by atoms with Gasteiger partial charge in [-0.15, -0.1) is 49.6 Å². The molecule has 0 atom stereocenters. The number of unbranched alkanes of at least 4 members (excludes halogenated alkanes) is 4. The van der Waals surface area contributed by atoms with E-state index in [1.165, 1.54) is 32.1 Å². The van der Waals surface area contributed by atoms with Crippen molar-refractivity contribution in [1.82, 2.24) is 0 Å². The van der Waals surface area contributed by atoms with Gasteiger partial charge in [0.2, 0.25) is 0 Å². The molecule has 12 heavy (non-hydrogen) atoms. The normalized spacial score (nSPS) is 5.50. The lowest BCUT2D eigenvalue weighted by Gasteiger charge is -1.90. The van der Waals surface area contributed by atoms with Crippen LogP contribution in [0, 0.1) is 7.43 Å². The van der Waals surface area contributed by atoms with Gasteiger partial charge in [0.15, 0.2) is 0 Å². The second-order valence-corrected chi connectivity index (χ2v) is 2.06. The number of hydrogen-bond acceptors (Lipinski definition) is 0. The minimum absolute atomic E-state index is 0. The molecule has 0 spiro atoms. The average molecular weight is 258 g/mol. The molecule has 0 heterocycles. The van der Waals surface area contributed by atoms with Crippen LogP contribution in [0.15, 0.2) is 0 Å². The smallest absolute Gasteiger partial charge is 0 e. The second-order valence-electron chi connectivity index (χ2n) is 2.06. The largest absolute Gasteiger partial charge is 0.147 e. The summed E-state index contributed by atoms with van der Waals surface area (Å²) in [4.78, 5) is 0. The van der Waals surface area contributed by atoms with E-state index in [1.54, 1.807) is 0 Å². The van der Waals surface area contributed by atoms with Crippen molar-refractivity contribution in [2.45, 2.75) is 46.0 Å². The summed E-state index contributed by atoms with van der Waals surface area (Å²) in [6.45, 7) is 4.49. The molecular weight excluding hydrogens is 238 g/mol. The molecular formula is C8H20Cl4. The van der Waals surface area contributed by atoms with Crippen molar-refractivity contribution < 1.29 is 0 Å². The van der Waals surface area contributed by atoms with Gasteiger partial charge in [0.25, 0.3) is 0 Å². The fraction of sp³-hybridized carbons (Fsp3) is 0.875. The molecule has 0 amide bonds. The number of hydrogen-bond donors (Lipinski definition) is 0. The zero-order valence-electron chi connectivity index (χ0n) is 7.67. The van der Waals surface area contributed by atoms with Crippen molar-refractivity contribution >= 4 is 49.6 Å². The molecule has 0 saturated heterocycles. The summed E-state index contributed by atoms with van der Waals surface area (Å²) >= 11 is 0. The van der Waals surface area contributed by atoms with E-state index in [9.17, 15) is 0 Å². The predicted molar refractivity (Wildman–Crippen MR) is 66.7 cm³/mol. The molecule has 0 aliphatic rings. The summed E-state index contributed by atoms with van der Waals surface area (Å²) in [5.74, 6) is 0. The topological polar surface area (TPSA) is 0 Å². The van der Waals surface area contributed by atoms with Gasteiger partial charge in [-0.2, -0.15) is 0 Å². The molecule has 0 saturated carbocycles. The Morgan fingerprint density at radius 1 is 0.583 bits per heavy atom. The van der Waals surface area contributed by atoms with Crippen LogP contribution >= 0.6 is 49.6 Å². The number of rotatable bonds is 4. The van der Waals surface area contributed by atoms with Gasteiger partial charge in [-0.25, -0.2) is 0 Å². The van der Waals surface area contributed by atoms with Crippen LogP contribution < -0.4 is 0 Å². The highest BCUT2D eigenvalue weighted by molar-refractivity contribution is 5.86. The molecule has 0 fully saturated rings. The van der Waals surface area contributed by atoms with E-state index in [0.29, 0.717) is 0 Å². The molecule has 4 heteroatoms. The lowest BCUT2D eigenvalue weighted by atomic mass is 10.2. The van der Waals surface area contributed by atoms with E-state index in [1.807, 2.05) is 0 Å². The van der Waals surface area contributed by atoms with Crippen molar-refractivity contribution in [3.63, 3.8) is 0 Å². The molecule has 0 nitrogen and oxygen atoms in total. The Labute approximate surface area is 103 Å². The fourth-order valence-corrected chi connectivity index (χ4v) is 0.677. The molecule has 4 radical (unpaired) electrons. The summed E-state index contributed by atoms with van der Waals surface area (Å²) in [5.41, 5.74) is 0. The first-order valence-corrected chi connectivity index (χ1v) is 3.41. The van der Waals surface area contributed by atoms with Crippen LogP contribution in [0.5, 0.6) is 0 Å². The van der Waals surface area contributed by atoms with E-state index in [2.05, 4.69) is 13.8 Å². The van der Waals surface area contributed by atoms with Crippen LogP contribution in [-0.2, 0) is 0 Å². The SMILES string of the molecule is CCCCCCC.Cl.Cl.Cl.Cl.[C]. The Bertz CT molecular complexity index is 30.2. The van der Waals surface area contributed by atoms with Crippen LogP contribution in [0.3, 0.4) is 0 Å². The van der Waals surface area contributed by atoms with Crippen LogP contribution in [-0.4, -0.2) is 0 Å². The van der Waals surface area contributed by atoms with Gasteiger partial charge in [-0.1, -0.05) is 46.0 Å². The predicted octanol–water partition coefficient (Wildman–Crippen LogP) is 4.75. The maximum absolute atomic E-state index is 2.25. The van der Waals surface area contributed by atoms with Gasteiger partial charge in [0.05, 0.1) is 0 Å². The van der Waals surface area contributed by atoms with Gasteiger partial charge in [-0.05, 0) is 0 Å². The molecule has 0 aromatic rings. The maximum atomic E-state index is 2.25. The monoisotopic (exact) mass is 256 g/mol. The summed E-state index contributed by atoms with van der Waals surface area (Å²) in [7, 11) is 0. The van der Waals surface area contributed by atoms with Crippen LogP contribution in [0.25, 0.3) is 0 Å². The van der Waals surface area contributed by atoms with Gasteiger partial charge < -0.3 is 0 Å². The third-order valence-electron chi connectivity index (χ3n) is 1.21. The molecule has 0 unspecified atom stereocenters. The zero-order chi connectivity index (χ0) is 5.54. The Balaban J connectivity index is -0.0000000180. The lowest BCUT2D eigenvalue weighted by Crippen LogP contribution is -1.70. The van der Waals surface area contributed by atoms with Crippen molar-refractivity contribution in [2.24, 2.45) is 0 Å². The minimum atomic E-state index is 0. The van der Waals surface area contributed by atoms with E-state index >= 15 is 0 Å². The molecule has 0 aromatic carbocycles.